The zero-order valence-corrected chi connectivity index (χ0v) is 9.82. The number of aromatic nitrogens is 1. The molecule has 0 radical (unpaired) electrons. The molecule has 0 N–H and O–H groups in total. The minimum Gasteiger partial charge on any atom is -0.235 e. The fraction of sp³-hybridized carbons (Fsp3) is 0. The predicted molar refractivity (Wildman–Crippen MR) is 60.8 cm³/mol. The Hall–Kier alpha value is -0.750. The Morgan fingerprint density at radius 3 is 2.64 bits per heavy atom. The average Bonchev–Trinajstić information content (AvgIpc) is 2.16. The summed E-state index contributed by atoms with van der Waals surface area (Å²) in [6.07, 6.45) is 0. The molecule has 14 heavy (non-hydrogen) atoms. The molecule has 0 saturated heterocycles. The molecule has 2 rings (SSSR count). The van der Waals surface area contributed by atoms with Crippen molar-refractivity contribution >= 4 is 42.3 Å². The van der Waals surface area contributed by atoms with Crippen molar-refractivity contribution in [3.63, 3.8) is 0 Å². The van der Waals surface area contributed by atoms with Crippen LogP contribution in [-0.2, 0) is 6.14 Å². The highest BCUT2D eigenvalue weighted by Crippen LogP contribution is 2.27. The maximum absolute atomic E-state index is 10.8. The van der Waals surface area contributed by atoms with Crippen molar-refractivity contribution in [1.29, 1.82) is 0 Å². The molecule has 0 bridgehead atoms. The van der Waals surface area contributed by atoms with Crippen molar-refractivity contribution in [3.8, 4) is 0 Å². The first-order valence-corrected chi connectivity index (χ1v) is 7.01. The fourth-order valence-electron chi connectivity index (χ4n) is 1.17. The van der Waals surface area contributed by atoms with E-state index in [9.17, 15) is 6.14 Å². The molecule has 0 aliphatic rings. The predicted octanol–water partition coefficient (Wildman–Crippen LogP) is 3.26. The highest BCUT2D eigenvalue weighted by atomic mass is 127. The van der Waals surface area contributed by atoms with Gasteiger partial charge in [-0.3, -0.25) is 0 Å². The summed E-state index contributed by atoms with van der Waals surface area (Å²) >= 11 is 2.19. The minimum atomic E-state index is -3.58. The number of halogens is 2. The number of nitrogens with zero attached hydrogens (tertiary/aromatic N) is 1. The summed E-state index contributed by atoms with van der Waals surface area (Å²) in [7, 11) is 0. The molecule has 0 unspecified atom stereocenters. The van der Waals surface area contributed by atoms with Gasteiger partial charge in [0.15, 0.2) is 3.70 Å². The summed E-state index contributed by atoms with van der Waals surface area (Å²) in [6, 6.07) is 8.88. The zero-order chi connectivity index (χ0) is 10.1. The van der Waals surface area contributed by atoms with Crippen molar-refractivity contribution in [1.82, 2.24) is 4.98 Å². The minimum absolute atomic E-state index is 0.0227. The molecular weight excluding hydrogens is 316 g/mol. The van der Waals surface area contributed by atoms with Crippen LogP contribution in [0.5, 0.6) is 0 Å². The van der Waals surface area contributed by atoms with E-state index in [0.717, 1.165) is 5.39 Å². The van der Waals surface area contributed by atoms with Crippen LogP contribution >= 0.6 is 31.4 Å². The van der Waals surface area contributed by atoms with Gasteiger partial charge in [0.05, 0.1) is 10.5 Å². The van der Waals surface area contributed by atoms with Crippen LogP contribution in [0.15, 0.2) is 30.3 Å². The van der Waals surface area contributed by atoms with Gasteiger partial charge in [0.2, 0.25) is 0 Å². The quantitative estimate of drug-likeness (QED) is 0.598. The van der Waals surface area contributed by atoms with Gasteiger partial charge in [0, 0.05) is 5.39 Å². The second-order valence-electron chi connectivity index (χ2n) is 2.67. The van der Waals surface area contributed by atoms with E-state index in [1.807, 2.05) is 12.1 Å². The van der Waals surface area contributed by atoms with Crippen LogP contribution in [0.1, 0.15) is 0 Å². The van der Waals surface area contributed by atoms with Crippen molar-refractivity contribution in [2.45, 2.75) is 0 Å². The van der Waals surface area contributed by atoms with E-state index in [1.165, 1.54) is 0 Å². The van der Waals surface area contributed by atoms with E-state index >= 15 is 0 Å². The van der Waals surface area contributed by atoms with E-state index in [2.05, 4.69) is 4.98 Å². The number of benzene rings is 1. The summed E-state index contributed by atoms with van der Waals surface area (Å²) < 4.78 is 21.7. The maximum Gasteiger partial charge on any atom is 0.361 e. The SMILES string of the molecule is O=I(=O)c1nc2ccccc2cc1Cl. The molecule has 0 atom stereocenters. The van der Waals surface area contributed by atoms with Crippen LogP contribution in [-0.4, -0.2) is 4.98 Å². The molecule has 3 nitrogen and oxygen atoms in total. The van der Waals surface area contributed by atoms with Gasteiger partial charge in [-0.15, -0.1) is 0 Å². The van der Waals surface area contributed by atoms with Gasteiger partial charge in [0.1, 0.15) is 0 Å². The normalized spacial score (nSPS) is 11.0. The highest BCUT2D eigenvalue weighted by molar-refractivity contribution is 14.2. The van der Waals surface area contributed by atoms with E-state index in [-0.39, 0.29) is 8.72 Å². The van der Waals surface area contributed by atoms with Crippen LogP contribution in [0.4, 0.5) is 0 Å². The first-order valence-electron chi connectivity index (χ1n) is 3.79. The number of pyridine rings is 1. The molecule has 0 aliphatic carbocycles. The van der Waals surface area contributed by atoms with Crippen molar-refractivity contribution in [2.24, 2.45) is 0 Å². The molecule has 5 heteroatoms. The molecule has 0 fully saturated rings. The fourth-order valence-corrected chi connectivity index (χ4v) is 2.76. The third kappa shape index (κ3) is 1.72. The Morgan fingerprint density at radius 2 is 1.93 bits per heavy atom. The van der Waals surface area contributed by atoms with Gasteiger partial charge < -0.3 is 0 Å². The standard InChI is InChI=1S/C9H5ClINO2/c10-7-5-6-3-1-2-4-8(6)12-9(7)11(13)14/h1-5H. The first kappa shape index (κ1) is 9.79. The molecule has 1 heterocycles. The molecule has 2 aromatic rings. The van der Waals surface area contributed by atoms with Crippen LogP contribution < -0.4 is 0 Å². The number of fused-ring (bicyclic) bond motifs is 1. The Balaban J connectivity index is 2.84. The van der Waals surface area contributed by atoms with Gasteiger partial charge >= 0.3 is 19.8 Å². The Morgan fingerprint density at radius 1 is 1.21 bits per heavy atom. The van der Waals surface area contributed by atoms with Gasteiger partial charge in [-0.1, -0.05) is 29.8 Å². The number of hydrogen-bond acceptors (Lipinski definition) is 3. The Labute approximate surface area is 92.2 Å². The van der Waals surface area contributed by atoms with Crippen LogP contribution in [0, 0.1) is 3.70 Å². The Bertz CT molecular complexity index is 558. The molecule has 0 aliphatic heterocycles. The van der Waals surface area contributed by atoms with Crippen molar-refractivity contribution < 1.29 is 6.14 Å². The van der Waals surface area contributed by atoms with Gasteiger partial charge in [-0.05, 0) is 12.1 Å². The number of hydrogen-bond donors (Lipinski definition) is 0. The lowest BCUT2D eigenvalue weighted by Crippen LogP contribution is -1.85. The maximum atomic E-state index is 10.8. The third-order valence-corrected chi connectivity index (χ3v) is 4.04. The highest BCUT2D eigenvalue weighted by Gasteiger charge is 2.08. The molecular formula is C9H5ClINO2. The largest absolute Gasteiger partial charge is 0.361 e. The summed E-state index contributed by atoms with van der Waals surface area (Å²) in [5.41, 5.74) is 0.654. The van der Waals surface area contributed by atoms with Crippen molar-refractivity contribution in [2.75, 3.05) is 0 Å². The molecule has 0 saturated carbocycles. The molecule has 1 aromatic carbocycles. The summed E-state index contributed by atoms with van der Waals surface area (Å²) in [6.45, 7) is 0. The lowest BCUT2D eigenvalue weighted by molar-refractivity contribution is 0.610. The second-order valence-corrected chi connectivity index (χ2v) is 5.34. The van der Waals surface area contributed by atoms with E-state index in [0.29, 0.717) is 5.52 Å². The summed E-state index contributed by atoms with van der Waals surface area (Å²) in [4.78, 5) is 3.99. The van der Waals surface area contributed by atoms with E-state index < -0.39 is 19.8 Å². The number of rotatable bonds is 1. The average molecular weight is 322 g/mol. The van der Waals surface area contributed by atoms with Gasteiger partial charge in [-0.25, -0.2) is 11.1 Å². The molecule has 72 valence electrons. The van der Waals surface area contributed by atoms with Crippen LogP contribution in [0.3, 0.4) is 0 Å². The van der Waals surface area contributed by atoms with Crippen LogP contribution in [0.2, 0.25) is 5.02 Å². The lowest BCUT2D eigenvalue weighted by Gasteiger charge is -1.98. The van der Waals surface area contributed by atoms with Gasteiger partial charge in [0.25, 0.3) is 0 Å². The molecule has 1 aromatic heterocycles. The zero-order valence-electron chi connectivity index (χ0n) is 6.91. The van der Waals surface area contributed by atoms with Crippen molar-refractivity contribution in [3.05, 3.63) is 39.1 Å². The topological polar surface area (TPSA) is 47.0 Å². The second kappa shape index (κ2) is 3.78. The van der Waals surface area contributed by atoms with E-state index in [1.54, 1.807) is 18.2 Å². The molecule has 0 amide bonds. The van der Waals surface area contributed by atoms with Crippen LogP contribution in [0.25, 0.3) is 10.9 Å². The number of para-hydroxylation sites is 1. The summed E-state index contributed by atoms with van der Waals surface area (Å²) in [5.74, 6) is 0. The Kier molecular flexibility index (Phi) is 2.64. The first-order chi connectivity index (χ1) is 6.68. The smallest absolute Gasteiger partial charge is 0.235 e. The van der Waals surface area contributed by atoms with Gasteiger partial charge in [-0.2, -0.15) is 0 Å². The lowest BCUT2D eigenvalue weighted by atomic mass is 10.2. The summed E-state index contributed by atoms with van der Waals surface area (Å²) in [5, 5.41) is 1.05. The monoisotopic (exact) mass is 321 g/mol. The third-order valence-electron chi connectivity index (χ3n) is 1.78. The van der Waals surface area contributed by atoms with E-state index in [4.69, 9.17) is 11.6 Å². The molecule has 0 spiro atoms.